The van der Waals surface area contributed by atoms with Crippen LogP contribution < -0.4 is 4.74 Å². The molecule has 194 valence electrons. The number of aliphatic hydroxyl groups excluding tert-OH is 1. The summed E-state index contributed by atoms with van der Waals surface area (Å²) in [5, 5.41) is 11.5. The molecule has 1 aliphatic rings. The van der Waals surface area contributed by atoms with E-state index >= 15 is 0 Å². The van der Waals surface area contributed by atoms with Crippen LogP contribution in [0.4, 0.5) is 0 Å². The first-order valence-corrected chi connectivity index (χ1v) is 12.7. The third-order valence-electron chi connectivity index (χ3n) is 6.25. The number of carbonyl (C=O) groups is 2. The lowest BCUT2D eigenvalue weighted by molar-refractivity contribution is -0.140. The highest BCUT2D eigenvalue weighted by Gasteiger charge is 2.46. The summed E-state index contributed by atoms with van der Waals surface area (Å²) in [4.78, 5) is 28.1. The number of rotatable bonds is 9. The van der Waals surface area contributed by atoms with Crippen molar-refractivity contribution in [1.82, 2.24) is 4.90 Å². The summed E-state index contributed by atoms with van der Waals surface area (Å²) in [5.74, 6) is -0.707. The van der Waals surface area contributed by atoms with E-state index in [1.807, 2.05) is 64.1 Å². The molecule has 6 heteroatoms. The smallest absolute Gasteiger partial charge is 0.295 e. The van der Waals surface area contributed by atoms with E-state index in [0.717, 1.165) is 22.4 Å². The Morgan fingerprint density at radius 1 is 1.11 bits per heavy atom. The second kappa shape index (κ2) is 11.3. The number of hydrogen-bond donors (Lipinski definition) is 1. The zero-order chi connectivity index (χ0) is 26.6. The van der Waals surface area contributed by atoms with E-state index in [1.165, 1.54) is 0 Å². The molecule has 6 nitrogen and oxygen atoms in total. The summed E-state index contributed by atoms with van der Waals surface area (Å²) >= 11 is 0. The fraction of sp³-hybridized carbons (Fsp3) is 0.467. The van der Waals surface area contributed by atoms with Gasteiger partial charge in [0.25, 0.3) is 11.7 Å². The minimum Gasteiger partial charge on any atom is -0.507 e. The lowest BCUT2D eigenvalue weighted by atomic mass is 9.84. The molecule has 1 N–H and O–H groups in total. The van der Waals surface area contributed by atoms with Gasteiger partial charge in [-0.15, -0.1) is 0 Å². The van der Waals surface area contributed by atoms with Crippen molar-refractivity contribution in [2.24, 2.45) is 0 Å². The van der Waals surface area contributed by atoms with Crippen LogP contribution in [0.15, 0.2) is 48.0 Å². The Morgan fingerprint density at radius 3 is 2.44 bits per heavy atom. The number of carbonyl (C=O) groups excluding carboxylic acids is 2. The number of aryl methyl sites for hydroxylation is 1. The zero-order valence-electron chi connectivity index (χ0n) is 22.6. The summed E-state index contributed by atoms with van der Waals surface area (Å²) in [6, 6.07) is 12.5. The zero-order valence-corrected chi connectivity index (χ0v) is 22.6. The number of Topliss-reactive ketones (excluding diaryl/α,β-unsaturated/α-hetero) is 1. The molecule has 1 unspecified atom stereocenters. The molecular formula is C30H39NO5. The summed E-state index contributed by atoms with van der Waals surface area (Å²) in [6.07, 6.45) is 0.676. The van der Waals surface area contributed by atoms with Gasteiger partial charge in [0.15, 0.2) is 0 Å². The highest BCUT2D eigenvalue weighted by Crippen LogP contribution is 2.41. The van der Waals surface area contributed by atoms with Crippen molar-refractivity contribution >= 4 is 17.4 Å². The summed E-state index contributed by atoms with van der Waals surface area (Å²) in [7, 11) is 0. The monoisotopic (exact) mass is 493 g/mol. The molecule has 1 heterocycles. The number of hydrogen-bond acceptors (Lipinski definition) is 5. The maximum atomic E-state index is 13.3. The fourth-order valence-electron chi connectivity index (χ4n) is 4.55. The molecule has 0 radical (unpaired) electrons. The number of amides is 1. The third-order valence-corrected chi connectivity index (χ3v) is 6.25. The van der Waals surface area contributed by atoms with Gasteiger partial charge in [-0.2, -0.15) is 0 Å². The van der Waals surface area contributed by atoms with Crippen molar-refractivity contribution in [2.75, 3.05) is 19.8 Å². The van der Waals surface area contributed by atoms with E-state index in [9.17, 15) is 14.7 Å². The van der Waals surface area contributed by atoms with E-state index in [2.05, 4.69) is 20.8 Å². The quantitative estimate of drug-likeness (QED) is 0.203. The Kier molecular flexibility index (Phi) is 8.62. The second-order valence-electron chi connectivity index (χ2n) is 10.6. The molecule has 0 aliphatic carbocycles. The van der Waals surface area contributed by atoms with E-state index < -0.39 is 17.7 Å². The number of benzene rings is 2. The van der Waals surface area contributed by atoms with Gasteiger partial charge in [-0.05, 0) is 63.3 Å². The summed E-state index contributed by atoms with van der Waals surface area (Å²) < 4.78 is 11.5. The average Bonchev–Trinajstić information content (AvgIpc) is 3.06. The van der Waals surface area contributed by atoms with Crippen LogP contribution in [0.3, 0.4) is 0 Å². The van der Waals surface area contributed by atoms with Crippen LogP contribution >= 0.6 is 0 Å². The van der Waals surface area contributed by atoms with Crippen molar-refractivity contribution < 1.29 is 24.2 Å². The number of likely N-dealkylation sites (tertiary alicyclic amines) is 1. The maximum Gasteiger partial charge on any atom is 0.295 e. The Labute approximate surface area is 214 Å². The van der Waals surface area contributed by atoms with Crippen molar-refractivity contribution in [3.63, 3.8) is 0 Å². The Morgan fingerprint density at radius 2 is 1.83 bits per heavy atom. The van der Waals surface area contributed by atoms with Gasteiger partial charge in [-0.25, -0.2) is 0 Å². The van der Waals surface area contributed by atoms with Crippen LogP contribution in [-0.4, -0.2) is 47.6 Å². The lowest BCUT2D eigenvalue weighted by Crippen LogP contribution is -2.31. The predicted octanol–water partition coefficient (Wildman–Crippen LogP) is 5.93. The molecule has 0 saturated carbocycles. The molecule has 0 bridgehead atoms. The highest BCUT2D eigenvalue weighted by molar-refractivity contribution is 6.46. The van der Waals surface area contributed by atoms with E-state index in [-0.39, 0.29) is 22.9 Å². The van der Waals surface area contributed by atoms with Crippen LogP contribution in [0.1, 0.15) is 76.3 Å². The van der Waals surface area contributed by atoms with E-state index in [1.54, 1.807) is 11.0 Å². The van der Waals surface area contributed by atoms with Crippen LogP contribution in [0, 0.1) is 6.92 Å². The minimum atomic E-state index is -0.673. The number of nitrogens with zero attached hydrogens (tertiary/aromatic N) is 1. The molecule has 36 heavy (non-hydrogen) atoms. The highest BCUT2D eigenvalue weighted by atomic mass is 16.5. The first-order chi connectivity index (χ1) is 17.0. The maximum absolute atomic E-state index is 13.3. The van der Waals surface area contributed by atoms with Crippen LogP contribution in [-0.2, 0) is 19.7 Å². The van der Waals surface area contributed by atoms with Gasteiger partial charge in [0, 0.05) is 24.3 Å². The molecule has 1 atom stereocenters. The Bertz CT molecular complexity index is 1140. The van der Waals surface area contributed by atoms with Gasteiger partial charge in [0.05, 0.1) is 24.3 Å². The van der Waals surface area contributed by atoms with Crippen LogP contribution in [0.5, 0.6) is 5.75 Å². The molecule has 2 aromatic carbocycles. The van der Waals surface area contributed by atoms with Crippen molar-refractivity contribution in [3.8, 4) is 5.75 Å². The van der Waals surface area contributed by atoms with Crippen molar-refractivity contribution in [2.45, 2.75) is 72.4 Å². The van der Waals surface area contributed by atoms with Gasteiger partial charge in [0.1, 0.15) is 11.5 Å². The largest absolute Gasteiger partial charge is 0.507 e. The second-order valence-corrected chi connectivity index (χ2v) is 10.6. The Hall–Kier alpha value is -3.12. The third kappa shape index (κ3) is 5.98. The van der Waals surface area contributed by atoms with E-state index in [4.69, 9.17) is 9.47 Å². The predicted molar refractivity (Wildman–Crippen MR) is 142 cm³/mol. The molecule has 1 amide bonds. The first-order valence-electron chi connectivity index (χ1n) is 12.7. The summed E-state index contributed by atoms with van der Waals surface area (Å²) in [5.41, 5.74) is 3.07. The average molecular weight is 494 g/mol. The van der Waals surface area contributed by atoms with Gasteiger partial charge >= 0.3 is 0 Å². The molecule has 1 saturated heterocycles. The molecule has 0 aromatic heterocycles. The lowest BCUT2D eigenvalue weighted by Gasteiger charge is -2.26. The van der Waals surface area contributed by atoms with Crippen LogP contribution in [0.25, 0.3) is 5.76 Å². The first kappa shape index (κ1) is 27.5. The van der Waals surface area contributed by atoms with Gasteiger partial charge in [-0.1, -0.05) is 50.6 Å². The number of ether oxygens (including phenoxy) is 2. The topological polar surface area (TPSA) is 76.1 Å². The Balaban J connectivity index is 2.12. The van der Waals surface area contributed by atoms with Gasteiger partial charge in [-0.3, -0.25) is 9.59 Å². The molecular weight excluding hydrogens is 454 g/mol. The fourth-order valence-corrected chi connectivity index (χ4v) is 4.55. The minimum absolute atomic E-state index is 0.0876. The molecule has 1 fully saturated rings. The molecule has 3 rings (SSSR count). The SMILES string of the molecule is CCOc1ccc(/C(O)=C2/C(=O)C(=O)N(CCCOC(C)C)C2c2cccc(C)c2)cc1C(C)(C)C. The number of aliphatic hydroxyl groups is 1. The molecule has 0 spiro atoms. The van der Waals surface area contributed by atoms with Crippen molar-refractivity contribution in [1.29, 1.82) is 0 Å². The van der Waals surface area contributed by atoms with Gasteiger partial charge in [0.2, 0.25) is 0 Å². The molecule has 2 aromatic rings. The van der Waals surface area contributed by atoms with Crippen molar-refractivity contribution in [3.05, 3.63) is 70.3 Å². The number of ketones is 1. The standard InChI is InChI=1S/C30H39NO5/c1-8-35-24-14-13-22(18-23(24)30(5,6)7)27(32)25-26(21-12-9-11-20(4)17-21)31(29(34)28(25)33)15-10-16-36-19(2)3/h9,11-14,17-19,26,32H,8,10,15-16H2,1-7H3/b27-25-. The normalized spacial score (nSPS) is 17.8. The van der Waals surface area contributed by atoms with E-state index in [0.29, 0.717) is 31.7 Å². The summed E-state index contributed by atoms with van der Waals surface area (Å²) in [6.45, 7) is 15.4. The molecule has 1 aliphatic heterocycles. The van der Waals surface area contributed by atoms with Crippen LogP contribution in [0.2, 0.25) is 0 Å². The van der Waals surface area contributed by atoms with Gasteiger partial charge < -0.3 is 19.5 Å².